The van der Waals surface area contributed by atoms with Gasteiger partial charge in [0.1, 0.15) is 5.75 Å². The number of benzene rings is 2. The molecule has 2 aromatic rings. The highest BCUT2D eigenvalue weighted by Gasteiger charge is 2.14. The number of hydrogen-bond donors (Lipinski definition) is 2. The molecular weight excluding hydrogens is 384 g/mol. The van der Waals surface area contributed by atoms with Crippen LogP contribution < -0.4 is 25.1 Å². The number of hydrogen-bond acceptors (Lipinski definition) is 5. The Balaban J connectivity index is 1.93. The number of nitrogens with one attached hydrogen (secondary N) is 2. The van der Waals surface area contributed by atoms with E-state index in [-0.39, 0.29) is 12.2 Å². The smallest absolute Gasteiger partial charge is 0.276 e. The van der Waals surface area contributed by atoms with Gasteiger partial charge in [-0.05, 0) is 42.8 Å². The number of amides is 2. The average Bonchev–Trinajstić information content (AvgIpc) is 2.71. The summed E-state index contributed by atoms with van der Waals surface area (Å²) in [5.74, 6) is 0.123. The molecule has 0 aromatic heterocycles. The number of carbonyl (C=O) groups excluding carboxylic acids is 2. The van der Waals surface area contributed by atoms with Crippen LogP contribution in [0.25, 0.3) is 6.08 Å². The first kappa shape index (κ1) is 21.1. The Hall–Kier alpha value is -3.19. The molecule has 2 amide bonds. The Morgan fingerprint density at radius 1 is 1.00 bits per heavy atom. The van der Waals surface area contributed by atoms with Crippen LogP contribution in [0.3, 0.4) is 0 Å². The van der Waals surface area contributed by atoms with Crippen molar-refractivity contribution in [1.82, 2.24) is 10.9 Å². The van der Waals surface area contributed by atoms with Crippen LogP contribution in [0.4, 0.5) is 0 Å². The van der Waals surface area contributed by atoms with E-state index in [4.69, 9.17) is 25.8 Å². The minimum absolute atomic E-state index is 0.192. The SMILES string of the molecule is C/C=C/c1ccc(OCC(=O)NNC(=O)c2cc(Cl)ccc2OC)c(OC)c1. The molecule has 0 heterocycles. The Kier molecular flexibility index (Phi) is 7.71. The lowest BCUT2D eigenvalue weighted by Crippen LogP contribution is -2.43. The van der Waals surface area contributed by atoms with E-state index in [1.54, 1.807) is 24.3 Å². The van der Waals surface area contributed by atoms with Crippen molar-refractivity contribution >= 4 is 29.5 Å². The molecule has 2 aromatic carbocycles. The lowest BCUT2D eigenvalue weighted by Gasteiger charge is -2.13. The highest BCUT2D eigenvalue weighted by atomic mass is 35.5. The quantitative estimate of drug-likeness (QED) is 0.692. The van der Waals surface area contributed by atoms with Crippen LogP contribution in [-0.2, 0) is 4.79 Å². The van der Waals surface area contributed by atoms with Crippen LogP contribution in [0.5, 0.6) is 17.2 Å². The van der Waals surface area contributed by atoms with Crippen molar-refractivity contribution in [3.8, 4) is 17.2 Å². The van der Waals surface area contributed by atoms with Crippen LogP contribution in [0.15, 0.2) is 42.5 Å². The van der Waals surface area contributed by atoms with Crippen LogP contribution in [-0.4, -0.2) is 32.6 Å². The summed E-state index contributed by atoms with van der Waals surface area (Å²) in [6.45, 7) is 1.60. The summed E-state index contributed by atoms with van der Waals surface area (Å²) in [6.07, 6.45) is 3.82. The van der Waals surface area contributed by atoms with E-state index in [1.165, 1.54) is 20.3 Å². The number of carbonyl (C=O) groups is 2. The second-order valence-corrected chi connectivity index (χ2v) is 5.98. The average molecular weight is 405 g/mol. The molecule has 0 unspecified atom stereocenters. The minimum Gasteiger partial charge on any atom is -0.496 e. The van der Waals surface area contributed by atoms with Gasteiger partial charge in [-0.25, -0.2) is 0 Å². The number of allylic oxidation sites excluding steroid dienone is 1. The molecule has 0 aliphatic rings. The molecule has 28 heavy (non-hydrogen) atoms. The lowest BCUT2D eigenvalue weighted by atomic mass is 10.2. The van der Waals surface area contributed by atoms with Gasteiger partial charge < -0.3 is 14.2 Å². The molecule has 0 spiro atoms. The third-order valence-electron chi connectivity index (χ3n) is 3.63. The molecule has 0 radical (unpaired) electrons. The molecule has 2 N–H and O–H groups in total. The Morgan fingerprint density at radius 3 is 2.39 bits per heavy atom. The fourth-order valence-electron chi connectivity index (χ4n) is 2.33. The van der Waals surface area contributed by atoms with Crippen molar-refractivity contribution in [2.75, 3.05) is 20.8 Å². The van der Waals surface area contributed by atoms with E-state index in [2.05, 4.69) is 10.9 Å². The van der Waals surface area contributed by atoms with Crippen molar-refractivity contribution in [3.05, 3.63) is 58.6 Å². The maximum Gasteiger partial charge on any atom is 0.276 e. The molecule has 0 saturated carbocycles. The summed E-state index contributed by atoms with van der Waals surface area (Å²) >= 11 is 5.90. The largest absolute Gasteiger partial charge is 0.496 e. The van der Waals surface area contributed by atoms with Gasteiger partial charge >= 0.3 is 0 Å². The van der Waals surface area contributed by atoms with Gasteiger partial charge in [-0.2, -0.15) is 0 Å². The van der Waals surface area contributed by atoms with Crippen molar-refractivity contribution in [2.24, 2.45) is 0 Å². The molecule has 0 fully saturated rings. The van der Waals surface area contributed by atoms with Crippen LogP contribution >= 0.6 is 11.6 Å². The molecule has 0 aliphatic heterocycles. The maximum absolute atomic E-state index is 12.2. The van der Waals surface area contributed by atoms with Crippen molar-refractivity contribution in [3.63, 3.8) is 0 Å². The van der Waals surface area contributed by atoms with E-state index in [9.17, 15) is 9.59 Å². The zero-order chi connectivity index (χ0) is 20.5. The minimum atomic E-state index is -0.569. The summed E-state index contributed by atoms with van der Waals surface area (Å²) < 4.78 is 15.8. The second-order valence-electron chi connectivity index (χ2n) is 5.55. The third-order valence-corrected chi connectivity index (χ3v) is 3.86. The predicted molar refractivity (Wildman–Crippen MR) is 107 cm³/mol. The predicted octanol–water partition coefficient (Wildman–Crippen LogP) is 3.23. The molecule has 2 rings (SSSR count). The molecule has 148 valence electrons. The van der Waals surface area contributed by atoms with Gasteiger partial charge in [-0.3, -0.25) is 20.4 Å². The monoisotopic (exact) mass is 404 g/mol. The molecule has 7 nitrogen and oxygen atoms in total. The molecule has 0 bridgehead atoms. The first-order valence-electron chi connectivity index (χ1n) is 8.34. The van der Waals surface area contributed by atoms with E-state index in [1.807, 2.05) is 25.1 Å². The zero-order valence-electron chi connectivity index (χ0n) is 15.7. The fourth-order valence-corrected chi connectivity index (χ4v) is 2.50. The number of rotatable bonds is 7. The Bertz CT molecular complexity index is 883. The van der Waals surface area contributed by atoms with Gasteiger partial charge in [0.05, 0.1) is 19.8 Å². The summed E-state index contributed by atoms with van der Waals surface area (Å²) in [5, 5.41) is 0.370. The van der Waals surface area contributed by atoms with Crippen LogP contribution in [0.2, 0.25) is 5.02 Å². The third kappa shape index (κ3) is 5.65. The van der Waals surface area contributed by atoms with Gasteiger partial charge in [-0.1, -0.05) is 29.8 Å². The summed E-state index contributed by atoms with van der Waals surface area (Å²) in [4.78, 5) is 24.2. The summed E-state index contributed by atoms with van der Waals surface area (Å²) in [6, 6.07) is 9.93. The molecular formula is C20H21ClN2O5. The normalized spacial score (nSPS) is 10.4. The summed E-state index contributed by atoms with van der Waals surface area (Å²) in [5.41, 5.74) is 5.71. The van der Waals surface area contributed by atoms with Gasteiger partial charge in [0, 0.05) is 5.02 Å². The maximum atomic E-state index is 12.2. The molecule has 0 saturated heterocycles. The number of ether oxygens (including phenoxy) is 3. The van der Waals surface area contributed by atoms with Gasteiger partial charge in [-0.15, -0.1) is 0 Å². The van der Waals surface area contributed by atoms with Crippen molar-refractivity contribution in [2.45, 2.75) is 6.92 Å². The van der Waals surface area contributed by atoms with Crippen LogP contribution in [0, 0.1) is 0 Å². The fraction of sp³-hybridized carbons (Fsp3) is 0.200. The van der Waals surface area contributed by atoms with Gasteiger partial charge in [0.15, 0.2) is 18.1 Å². The van der Waals surface area contributed by atoms with Gasteiger partial charge in [0.25, 0.3) is 11.8 Å². The molecule has 0 atom stereocenters. The summed E-state index contributed by atoms with van der Waals surface area (Å²) in [7, 11) is 2.95. The highest BCUT2D eigenvalue weighted by molar-refractivity contribution is 6.31. The second kappa shape index (κ2) is 10.2. The number of methoxy groups -OCH3 is 2. The Morgan fingerprint density at radius 2 is 1.71 bits per heavy atom. The van der Waals surface area contributed by atoms with E-state index < -0.39 is 11.8 Å². The van der Waals surface area contributed by atoms with Gasteiger partial charge in [0.2, 0.25) is 0 Å². The Labute approximate surface area is 168 Å². The lowest BCUT2D eigenvalue weighted by molar-refractivity contribution is -0.123. The highest BCUT2D eigenvalue weighted by Crippen LogP contribution is 2.28. The van der Waals surface area contributed by atoms with Crippen LogP contribution in [0.1, 0.15) is 22.8 Å². The van der Waals surface area contributed by atoms with Crippen molar-refractivity contribution in [1.29, 1.82) is 0 Å². The van der Waals surface area contributed by atoms with E-state index >= 15 is 0 Å². The first-order valence-corrected chi connectivity index (χ1v) is 8.72. The van der Waals surface area contributed by atoms with Crippen molar-refractivity contribution < 1.29 is 23.8 Å². The van der Waals surface area contributed by atoms with E-state index in [0.717, 1.165) is 5.56 Å². The van der Waals surface area contributed by atoms with E-state index in [0.29, 0.717) is 22.3 Å². The molecule has 8 heteroatoms. The molecule has 0 aliphatic carbocycles. The number of halogens is 1. The number of hydrazine groups is 1. The standard InChI is InChI=1S/C20H21ClN2O5/c1-4-5-13-6-8-17(18(10-13)27-3)28-12-19(24)22-23-20(25)15-11-14(21)7-9-16(15)26-2/h4-11H,12H2,1-3H3,(H,22,24)(H,23,25)/b5-4+. The zero-order valence-corrected chi connectivity index (χ0v) is 16.5. The first-order chi connectivity index (χ1) is 13.5. The topological polar surface area (TPSA) is 85.9 Å².